The number of ether oxygens (including phenoxy) is 5. The van der Waals surface area contributed by atoms with Crippen molar-refractivity contribution in [3.8, 4) is 0 Å². The average molecular weight is 391 g/mol. The molecule has 1 atom stereocenters. The molecule has 0 aliphatic carbocycles. The first-order valence-corrected chi connectivity index (χ1v) is 11.3. The van der Waals surface area contributed by atoms with Crippen LogP contribution in [0.4, 0.5) is 0 Å². The van der Waals surface area contributed by atoms with Gasteiger partial charge in [0.1, 0.15) is 6.79 Å². The van der Waals surface area contributed by atoms with Crippen molar-refractivity contribution in [1.29, 1.82) is 0 Å². The van der Waals surface area contributed by atoms with Crippen LogP contribution < -0.4 is 0 Å². The summed E-state index contributed by atoms with van der Waals surface area (Å²) in [5.41, 5.74) is 0. The summed E-state index contributed by atoms with van der Waals surface area (Å²) in [6.07, 6.45) is 10.7. The van der Waals surface area contributed by atoms with E-state index in [0.717, 1.165) is 19.3 Å². The highest BCUT2D eigenvalue weighted by atomic mass is 16.9. The van der Waals surface area contributed by atoms with Gasteiger partial charge in [0.25, 0.3) is 5.97 Å². The van der Waals surface area contributed by atoms with Gasteiger partial charge in [-0.25, -0.2) is 0 Å². The predicted octanol–water partition coefficient (Wildman–Crippen LogP) is 5.91. The summed E-state index contributed by atoms with van der Waals surface area (Å²) in [5, 5.41) is 0. The zero-order valence-electron chi connectivity index (χ0n) is 18.7. The second-order valence-corrected chi connectivity index (χ2v) is 6.82. The number of rotatable bonds is 21. The van der Waals surface area contributed by atoms with Crippen LogP contribution in [0.3, 0.4) is 0 Å². The molecule has 0 aliphatic heterocycles. The van der Waals surface area contributed by atoms with E-state index in [9.17, 15) is 0 Å². The molecule has 0 N–H and O–H groups in total. The van der Waals surface area contributed by atoms with Gasteiger partial charge in [0.2, 0.25) is 0 Å². The van der Waals surface area contributed by atoms with Crippen molar-refractivity contribution in [3.63, 3.8) is 0 Å². The largest absolute Gasteiger partial charge is 0.356 e. The van der Waals surface area contributed by atoms with Crippen LogP contribution in [-0.2, 0) is 23.7 Å². The number of hydrogen-bond donors (Lipinski definition) is 0. The van der Waals surface area contributed by atoms with Gasteiger partial charge in [0, 0.05) is 39.0 Å². The number of hydrogen-bond acceptors (Lipinski definition) is 5. The molecule has 0 aromatic heterocycles. The van der Waals surface area contributed by atoms with Crippen LogP contribution in [0.15, 0.2) is 0 Å². The standard InChI is InChI=1S/C22H46O5/c1-6-11-12-13-14-15-17-21(18-16-19-24-20-23-7-2)22(25-8-3,26-9-4)27-10-5/h21H,6-20H2,1-5H3. The van der Waals surface area contributed by atoms with Gasteiger partial charge in [-0.2, -0.15) is 0 Å². The van der Waals surface area contributed by atoms with Crippen LogP contribution in [0, 0.1) is 5.92 Å². The van der Waals surface area contributed by atoms with Crippen molar-refractivity contribution >= 4 is 0 Å². The van der Waals surface area contributed by atoms with Gasteiger partial charge in [-0.1, -0.05) is 45.4 Å². The zero-order valence-corrected chi connectivity index (χ0v) is 18.7. The highest BCUT2D eigenvalue weighted by Gasteiger charge is 2.41. The second kappa shape index (κ2) is 19.1. The van der Waals surface area contributed by atoms with Crippen LogP contribution in [0.1, 0.15) is 92.4 Å². The molecule has 0 fully saturated rings. The molecule has 0 spiro atoms. The van der Waals surface area contributed by atoms with Crippen LogP contribution in [0.25, 0.3) is 0 Å². The van der Waals surface area contributed by atoms with E-state index in [2.05, 4.69) is 6.92 Å². The van der Waals surface area contributed by atoms with Gasteiger partial charge in [-0.15, -0.1) is 0 Å². The maximum absolute atomic E-state index is 6.05. The van der Waals surface area contributed by atoms with Crippen LogP contribution in [0.2, 0.25) is 0 Å². The molecule has 0 amide bonds. The first-order valence-electron chi connectivity index (χ1n) is 11.3. The molecule has 0 heterocycles. The van der Waals surface area contributed by atoms with E-state index in [-0.39, 0.29) is 5.92 Å². The summed E-state index contributed by atoms with van der Waals surface area (Å²) >= 11 is 0. The Balaban J connectivity index is 4.71. The molecule has 5 nitrogen and oxygen atoms in total. The van der Waals surface area contributed by atoms with E-state index in [1.807, 2.05) is 27.7 Å². The third kappa shape index (κ3) is 12.8. The van der Waals surface area contributed by atoms with E-state index in [1.54, 1.807) is 0 Å². The lowest BCUT2D eigenvalue weighted by Crippen LogP contribution is -2.47. The molecule has 0 aliphatic rings. The molecular formula is C22H46O5. The molecule has 0 radical (unpaired) electrons. The van der Waals surface area contributed by atoms with Crippen molar-refractivity contribution in [1.82, 2.24) is 0 Å². The topological polar surface area (TPSA) is 46.2 Å². The molecule has 0 bridgehead atoms. The molecule has 0 rings (SSSR count). The Labute approximate surface area is 168 Å². The van der Waals surface area contributed by atoms with Gasteiger partial charge in [-0.3, -0.25) is 0 Å². The van der Waals surface area contributed by atoms with E-state index in [0.29, 0.717) is 39.8 Å². The van der Waals surface area contributed by atoms with E-state index in [4.69, 9.17) is 23.7 Å². The van der Waals surface area contributed by atoms with Gasteiger partial charge >= 0.3 is 0 Å². The quantitative estimate of drug-likeness (QED) is 0.180. The molecule has 0 saturated heterocycles. The Hall–Kier alpha value is -0.200. The first kappa shape index (κ1) is 26.8. The summed E-state index contributed by atoms with van der Waals surface area (Å²) in [5.74, 6) is -0.721. The lowest BCUT2D eigenvalue weighted by molar-refractivity contribution is -0.403. The van der Waals surface area contributed by atoms with Crippen LogP contribution in [0.5, 0.6) is 0 Å². The summed E-state index contributed by atoms with van der Waals surface area (Å²) < 4.78 is 28.9. The Kier molecular flexibility index (Phi) is 19.0. The molecule has 5 heteroatoms. The van der Waals surface area contributed by atoms with Gasteiger partial charge in [0.15, 0.2) is 0 Å². The van der Waals surface area contributed by atoms with Crippen molar-refractivity contribution < 1.29 is 23.7 Å². The highest BCUT2D eigenvalue weighted by molar-refractivity contribution is 4.73. The maximum Gasteiger partial charge on any atom is 0.285 e. The normalized spacial score (nSPS) is 13.2. The van der Waals surface area contributed by atoms with Gasteiger partial charge in [0.05, 0.1) is 0 Å². The summed E-state index contributed by atoms with van der Waals surface area (Å²) in [7, 11) is 0. The Bertz CT molecular complexity index is 265. The SMILES string of the molecule is CCCCCCCCC(CCCOCOCC)C(OCC)(OCC)OCC. The third-order valence-electron chi connectivity index (χ3n) is 4.65. The lowest BCUT2D eigenvalue weighted by Gasteiger charge is -2.39. The Morgan fingerprint density at radius 1 is 0.593 bits per heavy atom. The minimum atomic E-state index is -0.929. The third-order valence-corrected chi connectivity index (χ3v) is 4.65. The molecule has 0 saturated carbocycles. The maximum atomic E-state index is 6.05. The van der Waals surface area contributed by atoms with Crippen molar-refractivity contribution in [2.45, 2.75) is 98.4 Å². The molecular weight excluding hydrogens is 344 g/mol. The summed E-state index contributed by atoms with van der Waals surface area (Å²) in [6.45, 7) is 13.7. The molecule has 0 aromatic carbocycles. The molecule has 0 aromatic rings. The fraction of sp³-hybridized carbons (Fsp3) is 1.00. The number of unbranched alkanes of at least 4 members (excludes halogenated alkanes) is 5. The van der Waals surface area contributed by atoms with Gasteiger partial charge in [-0.05, 0) is 47.0 Å². The summed E-state index contributed by atoms with van der Waals surface area (Å²) in [4.78, 5) is 0. The minimum absolute atomic E-state index is 0.208. The molecule has 164 valence electrons. The highest BCUT2D eigenvalue weighted by Crippen LogP contribution is 2.34. The van der Waals surface area contributed by atoms with E-state index >= 15 is 0 Å². The van der Waals surface area contributed by atoms with Crippen LogP contribution >= 0.6 is 0 Å². The predicted molar refractivity (Wildman–Crippen MR) is 111 cm³/mol. The van der Waals surface area contributed by atoms with E-state index < -0.39 is 5.97 Å². The van der Waals surface area contributed by atoms with Crippen molar-refractivity contribution in [2.24, 2.45) is 5.92 Å². The van der Waals surface area contributed by atoms with Crippen molar-refractivity contribution in [3.05, 3.63) is 0 Å². The average Bonchev–Trinajstić information content (AvgIpc) is 2.66. The van der Waals surface area contributed by atoms with Crippen LogP contribution in [-0.4, -0.2) is 45.8 Å². The van der Waals surface area contributed by atoms with Crippen molar-refractivity contribution in [2.75, 3.05) is 39.8 Å². The fourth-order valence-corrected chi connectivity index (χ4v) is 3.38. The smallest absolute Gasteiger partial charge is 0.285 e. The summed E-state index contributed by atoms with van der Waals surface area (Å²) in [6, 6.07) is 0. The zero-order chi connectivity index (χ0) is 20.2. The Morgan fingerprint density at radius 3 is 1.70 bits per heavy atom. The Morgan fingerprint density at radius 2 is 1.15 bits per heavy atom. The van der Waals surface area contributed by atoms with Gasteiger partial charge < -0.3 is 23.7 Å². The fourth-order valence-electron chi connectivity index (χ4n) is 3.38. The lowest BCUT2D eigenvalue weighted by atomic mass is 9.93. The molecule has 27 heavy (non-hydrogen) atoms. The van der Waals surface area contributed by atoms with E-state index in [1.165, 1.54) is 38.5 Å². The first-order chi connectivity index (χ1) is 13.2. The minimum Gasteiger partial charge on any atom is -0.356 e. The second-order valence-electron chi connectivity index (χ2n) is 6.82. The monoisotopic (exact) mass is 390 g/mol. The molecule has 1 unspecified atom stereocenters.